The van der Waals surface area contributed by atoms with Gasteiger partial charge >= 0.3 is 12.4 Å². The molecule has 2 aromatic rings. The molecule has 23 heavy (non-hydrogen) atoms. The van der Waals surface area contributed by atoms with E-state index in [9.17, 15) is 26.3 Å². The molecule has 0 saturated carbocycles. The number of hydrogen-bond donors (Lipinski definition) is 1. The summed E-state index contributed by atoms with van der Waals surface area (Å²) < 4.78 is 75.0. The maximum atomic E-state index is 12.6. The van der Waals surface area contributed by atoms with E-state index in [1.807, 2.05) is 0 Å². The van der Waals surface area contributed by atoms with Crippen LogP contribution in [0.3, 0.4) is 0 Å². The molecule has 1 nitrogen and oxygen atoms in total. The Morgan fingerprint density at radius 2 is 1.22 bits per heavy atom. The van der Waals surface area contributed by atoms with Crippen molar-refractivity contribution < 1.29 is 26.3 Å². The third-order valence-corrected chi connectivity index (χ3v) is 3.19. The molecule has 0 aliphatic heterocycles. The molecule has 0 spiro atoms. The van der Waals surface area contributed by atoms with Crippen molar-refractivity contribution in [3.8, 4) is 0 Å². The first-order valence-corrected chi connectivity index (χ1v) is 6.69. The van der Waals surface area contributed by atoms with Crippen LogP contribution in [0.25, 0.3) is 0 Å². The second-order valence-corrected chi connectivity index (χ2v) is 5.00. The molecule has 0 amide bonds. The van der Waals surface area contributed by atoms with Gasteiger partial charge in [-0.05, 0) is 29.3 Å². The summed E-state index contributed by atoms with van der Waals surface area (Å²) in [6.45, 7) is 0.444. The summed E-state index contributed by atoms with van der Waals surface area (Å²) in [5, 5.41) is 2.91. The van der Waals surface area contributed by atoms with E-state index in [0.717, 1.165) is 24.3 Å². The van der Waals surface area contributed by atoms with Crippen molar-refractivity contribution in [1.29, 1.82) is 0 Å². The smallest absolute Gasteiger partial charge is 0.309 e. The standard InChI is InChI=1S/C16H13F6N/c17-15(18,19)13-6-4-11(5-7-13)9-23-10-12-2-1-3-14(8-12)16(20,21)22/h1-8,23H,9-10H2. The van der Waals surface area contributed by atoms with Gasteiger partial charge in [0, 0.05) is 13.1 Å². The van der Waals surface area contributed by atoms with Crippen molar-refractivity contribution in [2.24, 2.45) is 0 Å². The van der Waals surface area contributed by atoms with Crippen molar-refractivity contribution >= 4 is 0 Å². The van der Waals surface area contributed by atoms with E-state index in [2.05, 4.69) is 5.32 Å². The first-order valence-electron chi connectivity index (χ1n) is 6.69. The first-order chi connectivity index (χ1) is 10.7. The molecule has 1 N–H and O–H groups in total. The van der Waals surface area contributed by atoms with Crippen molar-refractivity contribution in [2.45, 2.75) is 25.4 Å². The highest BCUT2D eigenvalue weighted by Crippen LogP contribution is 2.30. The van der Waals surface area contributed by atoms with Gasteiger partial charge in [0.25, 0.3) is 0 Å². The topological polar surface area (TPSA) is 12.0 Å². The highest BCUT2D eigenvalue weighted by molar-refractivity contribution is 5.26. The molecular weight excluding hydrogens is 320 g/mol. The largest absolute Gasteiger partial charge is 0.416 e. The molecule has 0 aliphatic rings. The van der Waals surface area contributed by atoms with Crippen molar-refractivity contribution in [3.05, 3.63) is 70.8 Å². The molecule has 0 aliphatic carbocycles. The highest BCUT2D eigenvalue weighted by atomic mass is 19.4. The van der Waals surface area contributed by atoms with E-state index in [1.54, 1.807) is 6.07 Å². The Hall–Kier alpha value is -2.02. The molecule has 0 saturated heterocycles. The summed E-state index contributed by atoms with van der Waals surface area (Å²) in [4.78, 5) is 0. The minimum Gasteiger partial charge on any atom is -0.309 e. The lowest BCUT2D eigenvalue weighted by atomic mass is 10.1. The lowest BCUT2D eigenvalue weighted by molar-refractivity contribution is -0.138. The van der Waals surface area contributed by atoms with E-state index >= 15 is 0 Å². The SMILES string of the molecule is FC(F)(F)c1ccc(CNCc2cccc(C(F)(F)F)c2)cc1. The summed E-state index contributed by atoms with van der Waals surface area (Å²) in [6.07, 6.45) is -8.78. The Morgan fingerprint density at radius 3 is 1.78 bits per heavy atom. The predicted octanol–water partition coefficient (Wildman–Crippen LogP) is 5.01. The quantitative estimate of drug-likeness (QED) is 0.775. The Kier molecular flexibility index (Phi) is 4.99. The molecule has 0 radical (unpaired) electrons. The van der Waals surface area contributed by atoms with Crippen LogP contribution in [0.1, 0.15) is 22.3 Å². The zero-order valence-corrected chi connectivity index (χ0v) is 11.8. The van der Waals surface area contributed by atoms with Crippen LogP contribution < -0.4 is 5.32 Å². The van der Waals surface area contributed by atoms with Gasteiger partial charge in [-0.2, -0.15) is 26.3 Å². The molecule has 0 atom stereocenters. The van der Waals surface area contributed by atoms with Gasteiger partial charge in [-0.15, -0.1) is 0 Å². The zero-order chi connectivity index (χ0) is 17.1. The normalized spacial score (nSPS) is 12.4. The van der Waals surface area contributed by atoms with Crippen molar-refractivity contribution in [3.63, 3.8) is 0 Å². The number of rotatable bonds is 4. The molecule has 2 aromatic carbocycles. The Bertz CT molecular complexity index is 643. The van der Waals surface area contributed by atoms with E-state index in [0.29, 0.717) is 11.1 Å². The highest BCUT2D eigenvalue weighted by Gasteiger charge is 2.30. The van der Waals surface area contributed by atoms with Gasteiger partial charge in [-0.1, -0.05) is 30.3 Å². The number of alkyl halides is 6. The molecule has 0 fully saturated rings. The minimum atomic E-state index is -4.40. The zero-order valence-electron chi connectivity index (χ0n) is 11.8. The monoisotopic (exact) mass is 333 g/mol. The lowest BCUT2D eigenvalue weighted by Gasteiger charge is -2.10. The van der Waals surface area contributed by atoms with Gasteiger partial charge in [0.1, 0.15) is 0 Å². The Morgan fingerprint density at radius 1 is 0.652 bits per heavy atom. The van der Waals surface area contributed by atoms with Gasteiger partial charge in [0.15, 0.2) is 0 Å². The third-order valence-electron chi connectivity index (χ3n) is 3.19. The van der Waals surface area contributed by atoms with Crippen LogP contribution in [0, 0.1) is 0 Å². The van der Waals surface area contributed by atoms with Crippen molar-refractivity contribution in [2.75, 3.05) is 0 Å². The van der Waals surface area contributed by atoms with Crippen LogP contribution in [-0.4, -0.2) is 0 Å². The number of nitrogens with one attached hydrogen (secondary N) is 1. The van der Waals surface area contributed by atoms with Gasteiger partial charge in [-0.25, -0.2) is 0 Å². The summed E-state index contributed by atoms with van der Waals surface area (Å²) in [5.74, 6) is 0. The predicted molar refractivity (Wildman–Crippen MR) is 73.4 cm³/mol. The molecule has 0 heterocycles. The average Bonchev–Trinajstić information content (AvgIpc) is 2.46. The maximum Gasteiger partial charge on any atom is 0.416 e. The molecule has 2 rings (SSSR count). The summed E-state index contributed by atoms with van der Waals surface area (Å²) >= 11 is 0. The third kappa shape index (κ3) is 4.99. The van der Waals surface area contributed by atoms with Gasteiger partial charge in [0.05, 0.1) is 11.1 Å². The fourth-order valence-corrected chi connectivity index (χ4v) is 2.02. The second kappa shape index (κ2) is 6.62. The van der Waals surface area contributed by atoms with Gasteiger partial charge < -0.3 is 5.32 Å². The van der Waals surface area contributed by atoms with E-state index < -0.39 is 23.5 Å². The van der Waals surface area contributed by atoms with Crippen LogP contribution in [0.2, 0.25) is 0 Å². The first kappa shape index (κ1) is 17.3. The Balaban J connectivity index is 1.93. The average molecular weight is 333 g/mol. The number of halogens is 6. The van der Waals surface area contributed by atoms with Gasteiger partial charge in [-0.3, -0.25) is 0 Å². The fourth-order valence-electron chi connectivity index (χ4n) is 2.02. The van der Waals surface area contributed by atoms with Crippen LogP contribution in [0.15, 0.2) is 48.5 Å². The van der Waals surface area contributed by atoms with E-state index in [-0.39, 0.29) is 13.1 Å². The van der Waals surface area contributed by atoms with Crippen LogP contribution in [0.4, 0.5) is 26.3 Å². The summed E-state index contributed by atoms with van der Waals surface area (Å²) in [5.41, 5.74) is -0.401. The maximum absolute atomic E-state index is 12.6. The number of hydrogen-bond acceptors (Lipinski definition) is 1. The second-order valence-electron chi connectivity index (χ2n) is 5.00. The molecule has 0 aromatic heterocycles. The molecule has 0 bridgehead atoms. The Labute approximate surface area is 128 Å². The lowest BCUT2D eigenvalue weighted by Crippen LogP contribution is -2.14. The van der Waals surface area contributed by atoms with Gasteiger partial charge in [0.2, 0.25) is 0 Å². The molecule has 124 valence electrons. The molecular formula is C16H13F6N. The van der Waals surface area contributed by atoms with Crippen molar-refractivity contribution in [1.82, 2.24) is 5.32 Å². The fraction of sp³-hybridized carbons (Fsp3) is 0.250. The van der Waals surface area contributed by atoms with Crippen LogP contribution in [-0.2, 0) is 25.4 Å². The molecule has 7 heteroatoms. The minimum absolute atomic E-state index is 0.185. The van der Waals surface area contributed by atoms with Crippen LogP contribution in [0.5, 0.6) is 0 Å². The summed E-state index contributed by atoms with van der Waals surface area (Å²) in [6, 6.07) is 9.51. The van der Waals surface area contributed by atoms with E-state index in [4.69, 9.17) is 0 Å². The number of benzene rings is 2. The van der Waals surface area contributed by atoms with Crippen LogP contribution >= 0.6 is 0 Å². The molecule has 0 unspecified atom stereocenters. The van der Waals surface area contributed by atoms with E-state index in [1.165, 1.54) is 18.2 Å². The summed E-state index contributed by atoms with van der Waals surface area (Å²) in [7, 11) is 0.